The molecule has 2 aromatic heterocycles. The van der Waals surface area contributed by atoms with Crippen LogP contribution in [0.1, 0.15) is 24.8 Å². The molecule has 184 valence electrons. The van der Waals surface area contributed by atoms with Crippen molar-refractivity contribution in [2.75, 3.05) is 25.1 Å². The van der Waals surface area contributed by atoms with Gasteiger partial charge in [0, 0.05) is 40.8 Å². The second kappa shape index (κ2) is 9.00. The minimum absolute atomic E-state index is 0.727. The van der Waals surface area contributed by atoms with Crippen molar-refractivity contribution in [1.82, 2.24) is 9.97 Å². The van der Waals surface area contributed by atoms with Crippen LogP contribution in [0.25, 0.3) is 54.6 Å². The standard InChI is InChI=1S/C33H26N4O/c1-38-24-11-9-21(10-12-24)26-19-30(37-16-3-2-4-17-37)28(20-34)31-25(26)13-14-29-27(31)18-23-8-7-22-6-5-15-35-32(22)33(23)36-29/h5-15,18-19H,2-4,16-17H2,1H3. The van der Waals surface area contributed by atoms with Crippen molar-refractivity contribution in [3.8, 4) is 22.9 Å². The first-order valence-corrected chi connectivity index (χ1v) is 13.1. The fourth-order valence-electron chi connectivity index (χ4n) is 5.92. The topological polar surface area (TPSA) is 62.0 Å². The molecule has 0 atom stereocenters. The minimum atomic E-state index is 0.727. The Kier molecular flexibility index (Phi) is 5.33. The summed E-state index contributed by atoms with van der Waals surface area (Å²) in [7, 11) is 1.68. The van der Waals surface area contributed by atoms with Gasteiger partial charge in [-0.2, -0.15) is 5.26 Å². The lowest BCUT2D eigenvalue weighted by atomic mass is 9.90. The molecular weight excluding hydrogens is 468 g/mol. The number of ether oxygens (including phenoxy) is 1. The van der Waals surface area contributed by atoms with E-state index in [-0.39, 0.29) is 0 Å². The number of rotatable bonds is 3. The molecule has 0 N–H and O–H groups in total. The van der Waals surface area contributed by atoms with Crippen LogP contribution in [0, 0.1) is 11.3 Å². The van der Waals surface area contributed by atoms with Gasteiger partial charge in [-0.3, -0.25) is 4.98 Å². The fourth-order valence-corrected chi connectivity index (χ4v) is 5.92. The molecule has 0 amide bonds. The van der Waals surface area contributed by atoms with E-state index in [4.69, 9.17) is 9.72 Å². The van der Waals surface area contributed by atoms with Gasteiger partial charge in [0.1, 0.15) is 11.8 Å². The number of anilines is 1. The molecule has 0 aliphatic carbocycles. The van der Waals surface area contributed by atoms with E-state index in [9.17, 15) is 5.26 Å². The van der Waals surface area contributed by atoms with Crippen LogP contribution in [-0.2, 0) is 0 Å². The van der Waals surface area contributed by atoms with Crippen LogP contribution in [0.2, 0.25) is 0 Å². The first-order valence-electron chi connectivity index (χ1n) is 13.1. The zero-order valence-corrected chi connectivity index (χ0v) is 21.2. The van der Waals surface area contributed by atoms with Gasteiger partial charge in [0.2, 0.25) is 0 Å². The number of nitriles is 1. The number of pyridine rings is 2. The number of hydrogen-bond acceptors (Lipinski definition) is 5. The SMILES string of the molecule is COc1ccc(-c2cc(N3CCCCC3)c(C#N)c3c2ccc2nc4c(ccc5cccnc54)cc23)cc1. The van der Waals surface area contributed by atoms with Gasteiger partial charge in [-0.1, -0.05) is 36.4 Å². The molecule has 5 heteroatoms. The zero-order valence-electron chi connectivity index (χ0n) is 21.2. The van der Waals surface area contributed by atoms with E-state index in [1.807, 2.05) is 24.4 Å². The number of aromatic nitrogens is 2. The van der Waals surface area contributed by atoms with Crippen LogP contribution in [0.3, 0.4) is 0 Å². The summed E-state index contributed by atoms with van der Waals surface area (Å²) in [5.74, 6) is 0.824. The Hall–Kier alpha value is -4.69. The van der Waals surface area contributed by atoms with Crippen molar-refractivity contribution in [1.29, 1.82) is 5.26 Å². The van der Waals surface area contributed by atoms with Gasteiger partial charge in [-0.15, -0.1) is 0 Å². The van der Waals surface area contributed by atoms with E-state index in [2.05, 4.69) is 70.6 Å². The van der Waals surface area contributed by atoms with Gasteiger partial charge in [0.15, 0.2) is 0 Å². The first kappa shape index (κ1) is 22.5. The largest absolute Gasteiger partial charge is 0.497 e. The summed E-state index contributed by atoms with van der Waals surface area (Å²) >= 11 is 0. The molecule has 38 heavy (non-hydrogen) atoms. The molecule has 1 fully saturated rings. The van der Waals surface area contributed by atoms with Crippen molar-refractivity contribution in [2.24, 2.45) is 0 Å². The Labute approximate surface area is 220 Å². The second-order valence-electron chi connectivity index (χ2n) is 9.96. The summed E-state index contributed by atoms with van der Waals surface area (Å²) in [4.78, 5) is 12.1. The Morgan fingerprint density at radius 2 is 1.66 bits per heavy atom. The lowest BCUT2D eigenvalue weighted by Gasteiger charge is -2.31. The van der Waals surface area contributed by atoms with Crippen LogP contribution < -0.4 is 9.64 Å². The summed E-state index contributed by atoms with van der Waals surface area (Å²) in [6.07, 6.45) is 5.33. The number of hydrogen-bond donors (Lipinski definition) is 0. The molecule has 6 aromatic rings. The highest BCUT2D eigenvalue weighted by Gasteiger charge is 2.22. The maximum absolute atomic E-state index is 10.6. The molecule has 1 aliphatic heterocycles. The first-order chi connectivity index (χ1) is 18.7. The maximum Gasteiger partial charge on any atom is 0.118 e. The molecule has 0 unspecified atom stereocenters. The molecule has 3 heterocycles. The second-order valence-corrected chi connectivity index (χ2v) is 9.96. The van der Waals surface area contributed by atoms with Gasteiger partial charge in [-0.25, -0.2) is 4.98 Å². The van der Waals surface area contributed by atoms with Crippen LogP contribution in [0.15, 0.2) is 79.0 Å². The third-order valence-corrected chi connectivity index (χ3v) is 7.82. The molecule has 4 aromatic carbocycles. The van der Waals surface area contributed by atoms with Crippen LogP contribution in [0.5, 0.6) is 5.75 Å². The molecule has 1 aliphatic rings. The number of nitrogens with zero attached hydrogens (tertiary/aromatic N) is 4. The summed E-state index contributed by atoms with van der Waals surface area (Å²) in [6, 6.07) is 27.6. The Morgan fingerprint density at radius 1 is 0.842 bits per heavy atom. The third kappa shape index (κ3) is 3.53. The summed E-state index contributed by atoms with van der Waals surface area (Å²) in [6.45, 7) is 1.93. The van der Waals surface area contributed by atoms with Crippen LogP contribution in [-0.4, -0.2) is 30.2 Å². The maximum atomic E-state index is 10.6. The Balaban J connectivity index is 1.59. The predicted octanol–water partition coefficient (Wildman–Crippen LogP) is 7.63. The Bertz CT molecular complexity index is 1900. The molecule has 0 bridgehead atoms. The van der Waals surface area contributed by atoms with Crippen molar-refractivity contribution >= 4 is 49.2 Å². The highest BCUT2D eigenvalue weighted by Crippen LogP contribution is 2.42. The van der Waals surface area contributed by atoms with E-state index in [0.29, 0.717) is 0 Å². The minimum Gasteiger partial charge on any atom is -0.497 e. The number of benzene rings is 4. The third-order valence-electron chi connectivity index (χ3n) is 7.82. The average molecular weight is 495 g/mol. The van der Waals surface area contributed by atoms with Gasteiger partial charge in [0.25, 0.3) is 0 Å². The van der Waals surface area contributed by atoms with Gasteiger partial charge < -0.3 is 9.64 Å². The van der Waals surface area contributed by atoms with Crippen LogP contribution >= 0.6 is 0 Å². The van der Waals surface area contributed by atoms with E-state index in [1.54, 1.807) is 7.11 Å². The quantitative estimate of drug-likeness (QED) is 0.187. The smallest absolute Gasteiger partial charge is 0.118 e. The lowest BCUT2D eigenvalue weighted by Crippen LogP contribution is -2.30. The molecular formula is C33H26N4O. The van der Waals surface area contributed by atoms with Crippen LogP contribution in [0.4, 0.5) is 5.69 Å². The van der Waals surface area contributed by atoms with Crippen molar-refractivity contribution < 1.29 is 4.74 Å². The molecule has 0 radical (unpaired) electrons. The molecule has 7 rings (SSSR count). The average Bonchev–Trinajstić information content (AvgIpc) is 2.99. The summed E-state index contributed by atoms with van der Waals surface area (Å²) in [5, 5.41) is 15.7. The summed E-state index contributed by atoms with van der Waals surface area (Å²) < 4.78 is 5.41. The molecule has 1 saturated heterocycles. The van der Waals surface area contributed by atoms with Crippen molar-refractivity contribution in [3.63, 3.8) is 0 Å². The van der Waals surface area contributed by atoms with Crippen molar-refractivity contribution in [2.45, 2.75) is 19.3 Å². The molecule has 0 saturated carbocycles. The van der Waals surface area contributed by atoms with Gasteiger partial charge >= 0.3 is 0 Å². The highest BCUT2D eigenvalue weighted by atomic mass is 16.5. The predicted molar refractivity (Wildman–Crippen MR) is 155 cm³/mol. The monoisotopic (exact) mass is 494 g/mol. The number of piperidine rings is 1. The van der Waals surface area contributed by atoms with Crippen molar-refractivity contribution in [3.05, 3.63) is 84.6 Å². The zero-order chi connectivity index (χ0) is 25.6. The van der Waals surface area contributed by atoms with Gasteiger partial charge in [0.05, 0.1) is 34.9 Å². The van der Waals surface area contributed by atoms with E-state index in [1.165, 1.54) is 6.42 Å². The lowest BCUT2D eigenvalue weighted by molar-refractivity contribution is 0.415. The summed E-state index contributed by atoms with van der Waals surface area (Å²) in [5.41, 5.74) is 6.61. The highest BCUT2D eigenvalue weighted by molar-refractivity contribution is 6.18. The van der Waals surface area contributed by atoms with Gasteiger partial charge in [-0.05, 0) is 72.2 Å². The fraction of sp³-hybridized carbons (Fsp3) is 0.182. The van der Waals surface area contributed by atoms with E-state index >= 15 is 0 Å². The molecule has 0 spiro atoms. The molecule has 5 nitrogen and oxygen atoms in total. The Morgan fingerprint density at radius 3 is 2.45 bits per heavy atom. The van der Waals surface area contributed by atoms with E-state index < -0.39 is 0 Å². The number of methoxy groups -OCH3 is 1. The van der Waals surface area contributed by atoms with E-state index in [0.717, 1.165) is 97.5 Å². The number of fused-ring (bicyclic) bond motifs is 6. The normalized spacial score (nSPS) is 13.8.